The van der Waals surface area contributed by atoms with Gasteiger partial charge in [0.15, 0.2) is 11.5 Å². The van der Waals surface area contributed by atoms with Crippen molar-refractivity contribution in [3.63, 3.8) is 0 Å². The molecule has 0 aliphatic carbocycles. The monoisotopic (exact) mass is 279 g/mol. The first kappa shape index (κ1) is 15.1. The molecular formula is C16H25NO3. The first-order valence-electron chi connectivity index (χ1n) is 7.22. The molecule has 0 radical (unpaired) electrons. The minimum Gasteiger partial charge on any atom is -0.493 e. The largest absolute Gasteiger partial charge is 0.493 e. The lowest BCUT2D eigenvalue weighted by Crippen LogP contribution is -2.34. The maximum Gasteiger partial charge on any atom is 0.161 e. The predicted octanol–water partition coefficient (Wildman–Crippen LogP) is 2.22. The van der Waals surface area contributed by atoms with Gasteiger partial charge in [-0.05, 0) is 62.0 Å². The van der Waals surface area contributed by atoms with Crippen molar-refractivity contribution in [1.29, 1.82) is 0 Å². The summed E-state index contributed by atoms with van der Waals surface area (Å²) < 4.78 is 10.7. The molecule has 20 heavy (non-hydrogen) atoms. The van der Waals surface area contributed by atoms with E-state index in [1.54, 1.807) is 14.2 Å². The van der Waals surface area contributed by atoms with Gasteiger partial charge in [0.25, 0.3) is 0 Å². The van der Waals surface area contributed by atoms with Gasteiger partial charge in [-0.2, -0.15) is 0 Å². The van der Waals surface area contributed by atoms with Crippen LogP contribution in [0.5, 0.6) is 11.5 Å². The van der Waals surface area contributed by atoms with Crippen LogP contribution in [0.25, 0.3) is 0 Å². The molecule has 4 heteroatoms. The van der Waals surface area contributed by atoms with Crippen LogP contribution in [0.4, 0.5) is 0 Å². The first-order chi connectivity index (χ1) is 9.67. The Balaban J connectivity index is 2.06. The Labute approximate surface area is 121 Å². The molecule has 1 aliphatic heterocycles. The van der Waals surface area contributed by atoms with E-state index < -0.39 is 0 Å². The molecule has 0 amide bonds. The Morgan fingerprint density at radius 3 is 2.30 bits per heavy atom. The lowest BCUT2D eigenvalue weighted by molar-refractivity contribution is 0.127. The highest BCUT2D eigenvalue weighted by atomic mass is 16.5. The summed E-state index contributed by atoms with van der Waals surface area (Å²) in [5.74, 6) is 2.06. The minimum atomic E-state index is 0.323. The van der Waals surface area contributed by atoms with Gasteiger partial charge in [-0.3, -0.25) is 4.90 Å². The van der Waals surface area contributed by atoms with E-state index in [0.717, 1.165) is 44.0 Å². The summed E-state index contributed by atoms with van der Waals surface area (Å²) in [6, 6.07) is 4.11. The third-order valence-corrected chi connectivity index (χ3v) is 4.20. The number of rotatable bonds is 5. The number of aliphatic hydroxyl groups is 1. The van der Waals surface area contributed by atoms with Gasteiger partial charge in [0, 0.05) is 13.2 Å². The standard InChI is InChI=1S/C16H25NO3/c1-12-8-15(19-2)16(20-3)9-14(12)10-17-6-4-13(11-18)5-7-17/h8-9,13,18H,4-7,10-11H2,1-3H3. The minimum absolute atomic E-state index is 0.323. The van der Waals surface area contributed by atoms with E-state index in [4.69, 9.17) is 9.47 Å². The van der Waals surface area contributed by atoms with Crippen molar-refractivity contribution in [2.75, 3.05) is 33.9 Å². The smallest absolute Gasteiger partial charge is 0.161 e. The number of likely N-dealkylation sites (tertiary alicyclic amines) is 1. The maximum absolute atomic E-state index is 9.19. The van der Waals surface area contributed by atoms with Crippen LogP contribution in [0, 0.1) is 12.8 Å². The number of piperidine rings is 1. The summed E-state index contributed by atoms with van der Waals surface area (Å²) >= 11 is 0. The van der Waals surface area contributed by atoms with Crippen LogP contribution in [0.1, 0.15) is 24.0 Å². The van der Waals surface area contributed by atoms with Crippen molar-refractivity contribution in [2.45, 2.75) is 26.3 Å². The Kier molecular flexibility index (Phi) is 5.26. The van der Waals surface area contributed by atoms with Crippen LogP contribution in [0.2, 0.25) is 0 Å². The highest BCUT2D eigenvalue weighted by molar-refractivity contribution is 5.47. The van der Waals surface area contributed by atoms with E-state index in [1.165, 1.54) is 11.1 Å². The summed E-state index contributed by atoms with van der Waals surface area (Å²) in [6.07, 6.45) is 2.17. The Morgan fingerprint density at radius 2 is 1.75 bits per heavy atom. The average molecular weight is 279 g/mol. The second-order valence-electron chi connectivity index (χ2n) is 5.54. The molecule has 1 aromatic carbocycles. The lowest BCUT2D eigenvalue weighted by Gasteiger charge is -2.31. The molecule has 0 bridgehead atoms. The van der Waals surface area contributed by atoms with Gasteiger partial charge in [-0.25, -0.2) is 0 Å². The molecule has 4 nitrogen and oxygen atoms in total. The summed E-state index contributed by atoms with van der Waals surface area (Å²) in [5.41, 5.74) is 2.51. The molecule has 2 rings (SSSR count). The number of aliphatic hydroxyl groups excluding tert-OH is 1. The second kappa shape index (κ2) is 6.95. The van der Waals surface area contributed by atoms with Crippen molar-refractivity contribution < 1.29 is 14.6 Å². The molecule has 0 saturated carbocycles. The quantitative estimate of drug-likeness (QED) is 0.897. The number of nitrogens with zero attached hydrogens (tertiary/aromatic N) is 1. The molecule has 1 saturated heterocycles. The van der Waals surface area contributed by atoms with Crippen LogP contribution in [-0.4, -0.2) is 43.9 Å². The summed E-state index contributed by atoms with van der Waals surface area (Å²) in [6.45, 7) is 5.48. The van der Waals surface area contributed by atoms with Crippen molar-refractivity contribution in [3.05, 3.63) is 23.3 Å². The zero-order valence-corrected chi connectivity index (χ0v) is 12.7. The van der Waals surface area contributed by atoms with Gasteiger partial charge < -0.3 is 14.6 Å². The molecule has 0 spiro atoms. The fraction of sp³-hybridized carbons (Fsp3) is 0.625. The van der Waals surface area contributed by atoms with Crippen LogP contribution in [-0.2, 0) is 6.54 Å². The van der Waals surface area contributed by atoms with Gasteiger partial charge in [0.2, 0.25) is 0 Å². The summed E-state index contributed by atoms with van der Waals surface area (Å²) in [4.78, 5) is 2.44. The highest BCUT2D eigenvalue weighted by Crippen LogP contribution is 2.31. The predicted molar refractivity (Wildman–Crippen MR) is 79.4 cm³/mol. The molecule has 1 heterocycles. The van der Waals surface area contributed by atoms with Crippen LogP contribution in [0.15, 0.2) is 12.1 Å². The van der Waals surface area contributed by atoms with E-state index in [2.05, 4.69) is 17.9 Å². The second-order valence-corrected chi connectivity index (χ2v) is 5.54. The average Bonchev–Trinajstić information content (AvgIpc) is 2.49. The van der Waals surface area contributed by atoms with Crippen molar-refractivity contribution in [1.82, 2.24) is 4.90 Å². The van der Waals surface area contributed by atoms with E-state index in [9.17, 15) is 5.11 Å². The number of ether oxygens (including phenoxy) is 2. The van der Waals surface area contributed by atoms with Gasteiger partial charge in [0.1, 0.15) is 0 Å². The van der Waals surface area contributed by atoms with Crippen LogP contribution < -0.4 is 9.47 Å². The Bertz CT molecular complexity index is 440. The number of benzene rings is 1. The fourth-order valence-electron chi connectivity index (χ4n) is 2.76. The molecule has 0 unspecified atom stereocenters. The molecule has 112 valence electrons. The number of hydrogen-bond donors (Lipinski definition) is 1. The van der Waals surface area contributed by atoms with Crippen LogP contribution in [0.3, 0.4) is 0 Å². The van der Waals surface area contributed by atoms with E-state index >= 15 is 0 Å². The lowest BCUT2D eigenvalue weighted by atomic mass is 9.97. The van der Waals surface area contributed by atoms with Crippen molar-refractivity contribution in [2.24, 2.45) is 5.92 Å². The fourth-order valence-corrected chi connectivity index (χ4v) is 2.76. The Hall–Kier alpha value is -1.26. The molecule has 1 N–H and O–H groups in total. The molecular weight excluding hydrogens is 254 g/mol. The molecule has 0 atom stereocenters. The summed E-state index contributed by atoms with van der Waals surface area (Å²) in [7, 11) is 3.33. The highest BCUT2D eigenvalue weighted by Gasteiger charge is 2.19. The van der Waals surface area contributed by atoms with Gasteiger partial charge in [-0.15, -0.1) is 0 Å². The SMILES string of the molecule is COc1cc(C)c(CN2CCC(CO)CC2)cc1OC. The van der Waals surface area contributed by atoms with Gasteiger partial charge >= 0.3 is 0 Å². The van der Waals surface area contributed by atoms with E-state index in [-0.39, 0.29) is 0 Å². The van der Waals surface area contributed by atoms with Crippen molar-refractivity contribution in [3.8, 4) is 11.5 Å². The maximum atomic E-state index is 9.19. The van der Waals surface area contributed by atoms with Gasteiger partial charge in [-0.1, -0.05) is 0 Å². The molecule has 1 aromatic rings. The van der Waals surface area contributed by atoms with Gasteiger partial charge in [0.05, 0.1) is 14.2 Å². The number of aryl methyl sites for hydroxylation is 1. The van der Waals surface area contributed by atoms with Crippen molar-refractivity contribution >= 4 is 0 Å². The molecule has 1 fully saturated rings. The first-order valence-corrected chi connectivity index (χ1v) is 7.22. The van der Waals surface area contributed by atoms with E-state index in [1.807, 2.05) is 6.07 Å². The topological polar surface area (TPSA) is 41.9 Å². The molecule has 1 aliphatic rings. The third-order valence-electron chi connectivity index (χ3n) is 4.20. The zero-order valence-electron chi connectivity index (χ0n) is 12.7. The number of methoxy groups -OCH3 is 2. The van der Waals surface area contributed by atoms with E-state index in [0.29, 0.717) is 12.5 Å². The summed E-state index contributed by atoms with van der Waals surface area (Å²) in [5, 5.41) is 9.19. The zero-order chi connectivity index (χ0) is 14.5. The molecule has 0 aromatic heterocycles. The third kappa shape index (κ3) is 3.44. The number of hydrogen-bond acceptors (Lipinski definition) is 4. The Morgan fingerprint density at radius 1 is 1.15 bits per heavy atom. The normalized spacial score (nSPS) is 17.2. The van der Waals surface area contributed by atoms with Crippen LogP contribution >= 0.6 is 0 Å².